The van der Waals surface area contributed by atoms with E-state index < -0.39 is 0 Å². The summed E-state index contributed by atoms with van der Waals surface area (Å²) in [5.74, 6) is 0. The molecule has 1 heterocycles. The minimum absolute atomic E-state index is 0.0178. The molecule has 0 unspecified atom stereocenters. The van der Waals surface area contributed by atoms with Crippen molar-refractivity contribution in [3.63, 3.8) is 0 Å². The molecule has 0 bridgehead atoms. The van der Waals surface area contributed by atoms with Gasteiger partial charge in [0.25, 0.3) is 0 Å². The van der Waals surface area contributed by atoms with Crippen LogP contribution < -0.4 is 4.84 Å². The molecule has 0 atom stereocenters. The van der Waals surface area contributed by atoms with Gasteiger partial charge in [-0.25, -0.2) is 0 Å². The number of aromatic nitrogens is 3. The van der Waals surface area contributed by atoms with Crippen LogP contribution in [0, 0.1) is 0 Å². The highest BCUT2D eigenvalue weighted by Gasteiger charge is 2.00. The number of hydrogen-bond donors (Lipinski definition) is 1. The Kier molecular flexibility index (Phi) is 3.68. The number of hydrogen-bond acceptors (Lipinski definition) is 5. The summed E-state index contributed by atoms with van der Waals surface area (Å²) < 4.78 is 5.03. The van der Waals surface area contributed by atoms with Crippen molar-refractivity contribution in [1.82, 2.24) is 15.2 Å². The second kappa shape index (κ2) is 5.43. The summed E-state index contributed by atoms with van der Waals surface area (Å²) in [4.78, 5) is 6.41. The Labute approximate surface area is 92.3 Å². The highest BCUT2D eigenvalue weighted by molar-refractivity contribution is 5.72. The second-order valence-corrected chi connectivity index (χ2v) is 3.11. The SMILES string of the molecule is OCCOCCOn1nc2ccccc2n1. The molecule has 2 rings (SSSR count). The van der Waals surface area contributed by atoms with Crippen LogP contribution in [0.15, 0.2) is 24.3 Å². The van der Waals surface area contributed by atoms with E-state index in [4.69, 9.17) is 14.7 Å². The number of aliphatic hydroxyl groups excluding tert-OH is 1. The van der Waals surface area contributed by atoms with Gasteiger partial charge in [-0.1, -0.05) is 12.1 Å². The van der Waals surface area contributed by atoms with Gasteiger partial charge in [0.15, 0.2) is 0 Å². The summed E-state index contributed by atoms with van der Waals surface area (Å²) in [6.07, 6.45) is 0. The Hall–Kier alpha value is -1.66. The van der Waals surface area contributed by atoms with Crippen LogP contribution >= 0.6 is 0 Å². The molecule has 0 fully saturated rings. The molecule has 6 heteroatoms. The Bertz CT molecular complexity index is 411. The fraction of sp³-hybridized carbons (Fsp3) is 0.400. The first kappa shape index (κ1) is 10.8. The van der Waals surface area contributed by atoms with Crippen molar-refractivity contribution in [3.05, 3.63) is 24.3 Å². The Balaban J connectivity index is 1.85. The van der Waals surface area contributed by atoms with E-state index in [2.05, 4.69) is 10.2 Å². The van der Waals surface area contributed by atoms with E-state index in [1.807, 2.05) is 24.3 Å². The van der Waals surface area contributed by atoms with Crippen LogP contribution in [-0.2, 0) is 4.74 Å². The van der Waals surface area contributed by atoms with Gasteiger partial charge in [-0.05, 0) is 17.1 Å². The Morgan fingerprint density at radius 1 is 1.06 bits per heavy atom. The van der Waals surface area contributed by atoms with Gasteiger partial charge in [0.05, 0.1) is 19.8 Å². The lowest BCUT2D eigenvalue weighted by Crippen LogP contribution is -2.19. The van der Waals surface area contributed by atoms with E-state index in [1.165, 1.54) is 4.96 Å². The standard InChI is InChI=1S/C10H13N3O3/c14-5-6-15-7-8-16-13-11-9-3-1-2-4-10(9)12-13/h1-4,14H,5-8H2. The molecule has 0 aliphatic carbocycles. The predicted molar refractivity (Wildman–Crippen MR) is 56.9 cm³/mol. The predicted octanol–water partition coefficient (Wildman–Crippen LogP) is -0.131. The zero-order valence-corrected chi connectivity index (χ0v) is 8.74. The number of benzene rings is 1. The summed E-state index contributed by atoms with van der Waals surface area (Å²) >= 11 is 0. The normalized spacial score (nSPS) is 10.8. The average molecular weight is 223 g/mol. The van der Waals surface area contributed by atoms with Gasteiger partial charge in [-0.15, -0.1) is 10.2 Å². The fourth-order valence-corrected chi connectivity index (χ4v) is 1.24. The molecule has 6 nitrogen and oxygen atoms in total. The van der Waals surface area contributed by atoms with Gasteiger partial charge < -0.3 is 14.7 Å². The first-order chi connectivity index (χ1) is 7.90. The third kappa shape index (κ3) is 2.68. The van der Waals surface area contributed by atoms with Crippen LogP contribution in [-0.4, -0.2) is 46.7 Å². The van der Waals surface area contributed by atoms with E-state index >= 15 is 0 Å². The maximum absolute atomic E-state index is 8.48. The molecule has 0 saturated carbocycles. The van der Waals surface area contributed by atoms with Gasteiger partial charge >= 0.3 is 0 Å². The van der Waals surface area contributed by atoms with E-state index in [0.29, 0.717) is 19.8 Å². The molecule has 0 radical (unpaired) electrons. The highest BCUT2D eigenvalue weighted by atomic mass is 16.7. The lowest BCUT2D eigenvalue weighted by Gasteiger charge is -2.02. The molecule has 16 heavy (non-hydrogen) atoms. The average Bonchev–Trinajstić information content (AvgIpc) is 2.71. The molecule has 0 aliphatic heterocycles. The first-order valence-corrected chi connectivity index (χ1v) is 5.04. The molecule has 1 aromatic heterocycles. The molecule has 0 amide bonds. The largest absolute Gasteiger partial charge is 0.394 e. The molecule has 0 saturated heterocycles. The Morgan fingerprint density at radius 3 is 2.38 bits per heavy atom. The molecule has 1 aromatic carbocycles. The molecule has 0 aliphatic rings. The smallest absolute Gasteiger partial charge is 0.142 e. The number of fused-ring (bicyclic) bond motifs is 1. The van der Waals surface area contributed by atoms with Crippen LogP contribution in [0.25, 0.3) is 11.0 Å². The molecule has 1 N–H and O–H groups in total. The van der Waals surface area contributed by atoms with E-state index in [0.717, 1.165) is 11.0 Å². The van der Waals surface area contributed by atoms with Crippen molar-refractivity contribution in [1.29, 1.82) is 0 Å². The summed E-state index contributed by atoms with van der Waals surface area (Å²) in [5.41, 5.74) is 1.58. The van der Waals surface area contributed by atoms with Crippen molar-refractivity contribution in [3.8, 4) is 0 Å². The van der Waals surface area contributed by atoms with Crippen LogP contribution in [0.5, 0.6) is 0 Å². The minimum atomic E-state index is 0.0178. The maximum atomic E-state index is 8.48. The summed E-state index contributed by atoms with van der Waals surface area (Å²) in [7, 11) is 0. The fourth-order valence-electron chi connectivity index (χ4n) is 1.24. The number of aliphatic hydroxyl groups is 1. The third-order valence-corrected chi connectivity index (χ3v) is 1.94. The van der Waals surface area contributed by atoms with Crippen LogP contribution in [0.4, 0.5) is 0 Å². The second-order valence-electron chi connectivity index (χ2n) is 3.11. The van der Waals surface area contributed by atoms with Crippen LogP contribution in [0.1, 0.15) is 0 Å². The van der Waals surface area contributed by atoms with Crippen LogP contribution in [0.2, 0.25) is 0 Å². The molecule has 0 spiro atoms. The van der Waals surface area contributed by atoms with Crippen molar-refractivity contribution in [2.24, 2.45) is 0 Å². The van der Waals surface area contributed by atoms with Gasteiger partial charge in [0, 0.05) is 0 Å². The number of ether oxygens (including phenoxy) is 1. The monoisotopic (exact) mass is 223 g/mol. The number of rotatable bonds is 6. The zero-order valence-electron chi connectivity index (χ0n) is 8.74. The maximum Gasteiger partial charge on any atom is 0.142 e. The van der Waals surface area contributed by atoms with Crippen LogP contribution in [0.3, 0.4) is 0 Å². The molecular weight excluding hydrogens is 210 g/mol. The minimum Gasteiger partial charge on any atom is -0.394 e. The van der Waals surface area contributed by atoms with Gasteiger partial charge in [0.1, 0.15) is 17.6 Å². The van der Waals surface area contributed by atoms with Gasteiger partial charge in [-0.2, -0.15) is 0 Å². The molecule has 86 valence electrons. The van der Waals surface area contributed by atoms with Crippen molar-refractivity contribution < 1.29 is 14.7 Å². The first-order valence-electron chi connectivity index (χ1n) is 5.04. The van der Waals surface area contributed by atoms with Gasteiger partial charge in [-0.3, -0.25) is 0 Å². The quantitative estimate of drug-likeness (QED) is 0.691. The van der Waals surface area contributed by atoms with Crippen molar-refractivity contribution >= 4 is 11.0 Å². The van der Waals surface area contributed by atoms with Crippen molar-refractivity contribution in [2.45, 2.75) is 0 Å². The van der Waals surface area contributed by atoms with Gasteiger partial charge in [0.2, 0.25) is 0 Å². The molecular formula is C10H13N3O3. The Morgan fingerprint density at radius 2 is 1.75 bits per heavy atom. The molecule has 2 aromatic rings. The highest BCUT2D eigenvalue weighted by Crippen LogP contribution is 2.05. The van der Waals surface area contributed by atoms with E-state index in [-0.39, 0.29) is 6.61 Å². The topological polar surface area (TPSA) is 69.4 Å². The third-order valence-electron chi connectivity index (χ3n) is 1.94. The number of nitrogens with zero attached hydrogens (tertiary/aromatic N) is 3. The van der Waals surface area contributed by atoms with Crippen molar-refractivity contribution in [2.75, 3.05) is 26.4 Å². The summed E-state index contributed by atoms with van der Waals surface area (Å²) in [5, 5.41) is 16.7. The summed E-state index contributed by atoms with van der Waals surface area (Å²) in [6, 6.07) is 7.52. The lowest BCUT2D eigenvalue weighted by molar-refractivity contribution is 0.000951. The lowest BCUT2D eigenvalue weighted by atomic mass is 10.3. The summed E-state index contributed by atoms with van der Waals surface area (Å²) in [6.45, 7) is 1.08. The van der Waals surface area contributed by atoms with E-state index in [9.17, 15) is 0 Å². The zero-order chi connectivity index (χ0) is 11.2. The van der Waals surface area contributed by atoms with E-state index in [1.54, 1.807) is 0 Å².